The Morgan fingerprint density at radius 1 is 1.03 bits per heavy atom. The van der Waals surface area contributed by atoms with Gasteiger partial charge in [-0.3, -0.25) is 4.79 Å². The van der Waals surface area contributed by atoms with E-state index >= 15 is 0 Å². The highest BCUT2D eigenvalue weighted by atomic mass is 32.1. The second-order valence-electron chi connectivity index (χ2n) is 6.82. The van der Waals surface area contributed by atoms with Crippen LogP contribution in [-0.2, 0) is 6.54 Å². The van der Waals surface area contributed by atoms with Crippen molar-refractivity contribution in [3.05, 3.63) is 71.2 Å². The molecule has 0 aliphatic carbocycles. The maximum Gasteiger partial charge on any atom is 0.271 e. The van der Waals surface area contributed by atoms with Crippen molar-refractivity contribution in [1.29, 1.82) is 0 Å². The third-order valence-corrected chi connectivity index (χ3v) is 5.93. The van der Waals surface area contributed by atoms with Crippen LogP contribution in [0.5, 0.6) is 5.75 Å². The SMILES string of the molecule is COc1ccccc1CNC(=O)c1csc(N2CCN(c3ccccc3)CC2)n1. The zero-order valence-corrected chi connectivity index (χ0v) is 17.2. The number of amides is 1. The van der Waals surface area contributed by atoms with Crippen LogP contribution in [0.25, 0.3) is 0 Å². The van der Waals surface area contributed by atoms with Crippen molar-refractivity contribution in [3.8, 4) is 5.75 Å². The Balaban J connectivity index is 1.33. The number of ether oxygens (including phenoxy) is 1. The van der Waals surface area contributed by atoms with Crippen molar-refractivity contribution >= 4 is 28.1 Å². The second kappa shape index (κ2) is 8.96. The largest absolute Gasteiger partial charge is 0.496 e. The molecule has 1 fully saturated rings. The molecule has 0 bridgehead atoms. The van der Waals surface area contributed by atoms with E-state index in [4.69, 9.17) is 4.74 Å². The van der Waals surface area contributed by atoms with E-state index < -0.39 is 0 Å². The summed E-state index contributed by atoms with van der Waals surface area (Å²) in [7, 11) is 1.63. The number of anilines is 2. The predicted molar refractivity (Wildman–Crippen MR) is 117 cm³/mol. The summed E-state index contributed by atoms with van der Waals surface area (Å²) < 4.78 is 5.33. The summed E-state index contributed by atoms with van der Waals surface area (Å²) in [5, 5.41) is 5.67. The molecule has 0 spiro atoms. The minimum absolute atomic E-state index is 0.165. The normalized spacial score (nSPS) is 14.0. The summed E-state index contributed by atoms with van der Waals surface area (Å²) >= 11 is 1.52. The average molecular weight is 409 g/mol. The van der Waals surface area contributed by atoms with Crippen molar-refractivity contribution in [2.45, 2.75) is 6.54 Å². The van der Waals surface area contributed by atoms with Crippen LogP contribution < -0.4 is 19.9 Å². The van der Waals surface area contributed by atoms with Gasteiger partial charge in [-0.25, -0.2) is 4.98 Å². The highest BCUT2D eigenvalue weighted by molar-refractivity contribution is 7.13. The summed E-state index contributed by atoms with van der Waals surface area (Å²) in [4.78, 5) is 21.7. The first-order valence-electron chi connectivity index (χ1n) is 9.65. The number of rotatable bonds is 6. The standard InChI is InChI=1S/C22H24N4O2S/c1-28-20-10-6-5-7-17(20)15-23-21(27)19-16-29-22(24-19)26-13-11-25(12-14-26)18-8-3-2-4-9-18/h2-10,16H,11-15H2,1H3,(H,23,27). The molecule has 0 saturated carbocycles. The first-order valence-corrected chi connectivity index (χ1v) is 10.5. The number of carbonyl (C=O) groups is 1. The Labute approximate surface area is 174 Å². The molecule has 1 aliphatic heterocycles. The summed E-state index contributed by atoms with van der Waals surface area (Å²) in [5.74, 6) is 0.601. The minimum Gasteiger partial charge on any atom is -0.496 e. The maximum absolute atomic E-state index is 12.5. The minimum atomic E-state index is -0.165. The zero-order chi connectivity index (χ0) is 20.1. The van der Waals surface area contributed by atoms with Crippen molar-refractivity contribution in [3.63, 3.8) is 0 Å². The van der Waals surface area contributed by atoms with Gasteiger partial charge in [-0.1, -0.05) is 36.4 Å². The van der Waals surface area contributed by atoms with Gasteiger partial charge in [0.1, 0.15) is 11.4 Å². The molecule has 0 atom stereocenters. The third kappa shape index (κ3) is 4.51. The van der Waals surface area contributed by atoms with Gasteiger partial charge in [0, 0.05) is 49.4 Å². The molecule has 1 aromatic heterocycles. The molecule has 0 unspecified atom stereocenters. The van der Waals surface area contributed by atoms with Crippen molar-refractivity contribution in [2.24, 2.45) is 0 Å². The fourth-order valence-corrected chi connectivity index (χ4v) is 4.28. The van der Waals surface area contributed by atoms with Crippen LogP contribution in [-0.4, -0.2) is 44.2 Å². The Morgan fingerprint density at radius 3 is 2.48 bits per heavy atom. The van der Waals surface area contributed by atoms with Gasteiger partial charge < -0.3 is 19.9 Å². The molecular formula is C22H24N4O2S. The average Bonchev–Trinajstić information content (AvgIpc) is 3.29. The smallest absolute Gasteiger partial charge is 0.271 e. The van der Waals surface area contributed by atoms with E-state index in [1.165, 1.54) is 17.0 Å². The lowest BCUT2D eigenvalue weighted by Crippen LogP contribution is -2.46. The molecule has 4 rings (SSSR count). The van der Waals surface area contributed by atoms with Gasteiger partial charge in [-0.05, 0) is 18.2 Å². The molecule has 2 aromatic carbocycles. The van der Waals surface area contributed by atoms with E-state index in [0.29, 0.717) is 12.2 Å². The summed E-state index contributed by atoms with van der Waals surface area (Å²) in [6.45, 7) is 4.08. The number of para-hydroxylation sites is 2. The second-order valence-corrected chi connectivity index (χ2v) is 7.66. The van der Waals surface area contributed by atoms with E-state index in [-0.39, 0.29) is 5.91 Å². The Bertz CT molecular complexity index is 952. The predicted octanol–water partition coefficient (Wildman–Crippen LogP) is 3.41. The number of nitrogens with zero attached hydrogens (tertiary/aromatic N) is 3. The molecule has 150 valence electrons. The van der Waals surface area contributed by atoms with E-state index in [0.717, 1.165) is 42.6 Å². The molecular weight excluding hydrogens is 384 g/mol. The van der Waals surface area contributed by atoms with Crippen LogP contribution in [0.15, 0.2) is 60.0 Å². The molecule has 1 N–H and O–H groups in total. The number of hydrogen-bond donors (Lipinski definition) is 1. The van der Waals surface area contributed by atoms with Gasteiger partial charge in [0.05, 0.1) is 7.11 Å². The molecule has 1 amide bonds. The van der Waals surface area contributed by atoms with Crippen LogP contribution >= 0.6 is 11.3 Å². The van der Waals surface area contributed by atoms with Gasteiger partial charge in [0.25, 0.3) is 5.91 Å². The first-order chi connectivity index (χ1) is 14.2. The van der Waals surface area contributed by atoms with Crippen LogP contribution in [0.4, 0.5) is 10.8 Å². The van der Waals surface area contributed by atoms with Gasteiger partial charge in [0.15, 0.2) is 5.13 Å². The number of benzene rings is 2. The number of aromatic nitrogens is 1. The zero-order valence-electron chi connectivity index (χ0n) is 16.4. The van der Waals surface area contributed by atoms with Crippen LogP contribution in [0.2, 0.25) is 0 Å². The Hall–Kier alpha value is -3.06. The van der Waals surface area contributed by atoms with Crippen molar-refractivity contribution in [2.75, 3.05) is 43.1 Å². The molecule has 0 radical (unpaired) electrons. The van der Waals surface area contributed by atoms with Crippen LogP contribution in [0, 0.1) is 0 Å². The molecule has 29 heavy (non-hydrogen) atoms. The van der Waals surface area contributed by atoms with E-state index in [1.807, 2.05) is 35.7 Å². The first kappa shape index (κ1) is 19.3. The number of carbonyl (C=O) groups excluding carboxylic acids is 1. The third-order valence-electron chi connectivity index (χ3n) is 5.03. The van der Waals surface area contributed by atoms with Gasteiger partial charge in [-0.15, -0.1) is 11.3 Å². The van der Waals surface area contributed by atoms with Crippen LogP contribution in [0.3, 0.4) is 0 Å². The molecule has 7 heteroatoms. The van der Waals surface area contributed by atoms with Gasteiger partial charge in [-0.2, -0.15) is 0 Å². The molecule has 3 aromatic rings. The van der Waals surface area contributed by atoms with E-state index in [2.05, 4.69) is 44.4 Å². The molecule has 6 nitrogen and oxygen atoms in total. The number of nitrogens with one attached hydrogen (secondary N) is 1. The monoisotopic (exact) mass is 408 g/mol. The molecule has 2 heterocycles. The van der Waals surface area contributed by atoms with Crippen LogP contribution in [0.1, 0.15) is 16.1 Å². The Kier molecular flexibility index (Phi) is 5.95. The summed E-state index contributed by atoms with van der Waals surface area (Å²) in [6, 6.07) is 18.1. The number of piperazine rings is 1. The lowest BCUT2D eigenvalue weighted by atomic mass is 10.2. The fourth-order valence-electron chi connectivity index (χ4n) is 3.42. The van der Waals surface area contributed by atoms with Crippen molar-refractivity contribution in [1.82, 2.24) is 10.3 Å². The van der Waals surface area contributed by atoms with E-state index in [1.54, 1.807) is 7.11 Å². The topological polar surface area (TPSA) is 57.7 Å². The number of methoxy groups -OCH3 is 1. The highest BCUT2D eigenvalue weighted by Gasteiger charge is 2.21. The van der Waals surface area contributed by atoms with Gasteiger partial charge in [0.2, 0.25) is 0 Å². The lowest BCUT2D eigenvalue weighted by Gasteiger charge is -2.35. The van der Waals surface area contributed by atoms with Gasteiger partial charge >= 0.3 is 0 Å². The fraction of sp³-hybridized carbons (Fsp3) is 0.273. The molecule has 1 saturated heterocycles. The summed E-state index contributed by atoms with van der Waals surface area (Å²) in [6.07, 6.45) is 0. The van der Waals surface area contributed by atoms with E-state index in [9.17, 15) is 4.79 Å². The molecule has 1 aliphatic rings. The van der Waals surface area contributed by atoms with Crippen molar-refractivity contribution < 1.29 is 9.53 Å². The lowest BCUT2D eigenvalue weighted by molar-refractivity contribution is 0.0946. The summed E-state index contributed by atoms with van der Waals surface area (Å²) in [5.41, 5.74) is 2.66. The maximum atomic E-state index is 12.5. The number of thiazole rings is 1. The quantitative estimate of drug-likeness (QED) is 0.677. The Morgan fingerprint density at radius 2 is 1.72 bits per heavy atom. The highest BCUT2D eigenvalue weighted by Crippen LogP contribution is 2.24. The number of hydrogen-bond acceptors (Lipinski definition) is 6.